The van der Waals surface area contributed by atoms with Gasteiger partial charge in [-0.3, -0.25) is 4.98 Å². The number of hydrogen-bond acceptors (Lipinski definition) is 7. The van der Waals surface area contributed by atoms with Gasteiger partial charge in [-0.2, -0.15) is 5.26 Å². The molecule has 0 unspecified atom stereocenters. The van der Waals surface area contributed by atoms with Crippen molar-refractivity contribution >= 4 is 40.5 Å². The highest BCUT2D eigenvalue weighted by Crippen LogP contribution is 2.36. The van der Waals surface area contributed by atoms with Crippen molar-refractivity contribution < 1.29 is 0 Å². The van der Waals surface area contributed by atoms with Gasteiger partial charge in [-0.1, -0.05) is 41.2 Å². The summed E-state index contributed by atoms with van der Waals surface area (Å²) in [7, 11) is 0. The molecular weight excluding hydrogens is 392 g/mol. The van der Waals surface area contributed by atoms with Gasteiger partial charge in [0.2, 0.25) is 0 Å². The number of anilines is 3. The summed E-state index contributed by atoms with van der Waals surface area (Å²) in [5, 5.41) is 12.8. The molecule has 1 saturated heterocycles. The number of nitriles is 1. The number of aromatic nitrogens is 3. The third kappa shape index (κ3) is 4.08. The summed E-state index contributed by atoms with van der Waals surface area (Å²) in [6.45, 7) is 4.99. The lowest BCUT2D eigenvalue weighted by Gasteiger charge is -2.26. The van der Waals surface area contributed by atoms with Gasteiger partial charge in [0.1, 0.15) is 16.8 Å². The molecule has 0 radical (unpaired) electrons. The molecule has 0 spiro atoms. The minimum Gasteiger partial charge on any atom is -0.348 e. The fourth-order valence-electron chi connectivity index (χ4n) is 3.36. The van der Waals surface area contributed by atoms with Crippen molar-refractivity contribution in [2.45, 2.75) is 32.7 Å². The van der Waals surface area contributed by atoms with E-state index < -0.39 is 0 Å². The molecule has 3 aromatic rings. The Labute approximate surface area is 174 Å². The number of nitrogens with one attached hydrogen (secondary N) is 1. The largest absolute Gasteiger partial charge is 0.348 e. The van der Waals surface area contributed by atoms with Crippen LogP contribution in [0.3, 0.4) is 0 Å². The average molecular weight is 413 g/mol. The number of aryl methyl sites for hydroxylation is 2. The molecule has 6 nitrogen and oxygen atoms in total. The second kappa shape index (κ2) is 8.55. The standard InChI is InChI=1S/C20H20N6S.ClH/c1-13-5-7-15(8-6-13)17-4-3-9-26(17)18-12-22-14(2)19(24-18)25-20-23-11-16(10-21)27-20;/h5-8,11-12,17H,3-4,9H2,1-2H3,(H,23,24,25);1H/t17-;/m0./s1. The molecule has 2 aromatic heterocycles. The zero-order chi connectivity index (χ0) is 18.8. The average Bonchev–Trinajstić information content (AvgIpc) is 3.33. The van der Waals surface area contributed by atoms with Crippen molar-refractivity contribution in [3.8, 4) is 6.07 Å². The van der Waals surface area contributed by atoms with E-state index in [9.17, 15) is 0 Å². The summed E-state index contributed by atoms with van der Waals surface area (Å²) in [4.78, 5) is 16.5. The summed E-state index contributed by atoms with van der Waals surface area (Å²) < 4.78 is 0. The highest BCUT2D eigenvalue weighted by Gasteiger charge is 2.27. The zero-order valence-corrected chi connectivity index (χ0v) is 17.3. The van der Waals surface area contributed by atoms with Crippen molar-refractivity contribution in [3.05, 3.63) is 58.4 Å². The van der Waals surface area contributed by atoms with Crippen LogP contribution in [-0.4, -0.2) is 21.5 Å². The molecule has 1 aliphatic heterocycles. The maximum Gasteiger partial charge on any atom is 0.189 e. The van der Waals surface area contributed by atoms with Crippen LogP contribution in [0.4, 0.5) is 16.8 Å². The molecule has 1 aromatic carbocycles. The second-order valence-electron chi connectivity index (χ2n) is 6.69. The van der Waals surface area contributed by atoms with E-state index in [2.05, 4.69) is 57.4 Å². The molecular formula is C20H21ClN6S. The van der Waals surface area contributed by atoms with E-state index >= 15 is 0 Å². The van der Waals surface area contributed by atoms with Crippen LogP contribution in [0.1, 0.15) is 40.6 Å². The van der Waals surface area contributed by atoms with Crippen molar-refractivity contribution in [2.75, 3.05) is 16.8 Å². The monoisotopic (exact) mass is 412 g/mol. The third-order valence-corrected chi connectivity index (χ3v) is 5.61. The van der Waals surface area contributed by atoms with Crippen LogP contribution in [0.2, 0.25) is 0 Å². The maximum atomic E-state index is 8.97. The first-order valence-electron chi connectivity index (χ1n) is 8.94. The summed E-state index contributed by atoms with van der Waals surface area (Å²) in [6, 6.07) is 11.2. The minimum absolute atomic E-state index is 0. The molecule has 0 bridgehead atoms. The Morgan fingerprint density at radius 1 is 1.18 bits per heavy atom. The lowest BCUT2D eigenvalue weighted by atomic mass is 10.0. The van der Waals surface area contributed by atoms with E-state index in [0.717, 1.165) is 30.9 Å². The van der Waals surface area contributed by atoms with Crippen molar-refractivity contribution in [1.29, 1.82) is 5.26 Å². The number of hydrogen-bond donors (Lipinski definition) is 1. The highest BCUT2D eigenvalue weighted by atomic mass is 35.5. The smallest absolute Gasteiger partial charge is 0.189 e. The van der Waals surface area contributed by atoms with Gasteiger partial charge in [0.15, 0.2) is 10.9 Å². The molecule has 1 atom stereocenters. The van der Waals surface area contributed by atoms with Crippen molar-refractivity contribution in [3.63, 3.8) is 0 Å². The van der Waals surface area contributed by atoms with Gasteiger partial charge < -0.3 is 10.2 Å². The first kappa shape index (κ1) is 20.1. The van der Waals surface area contributed by atoms with Gasteiger partial charge in [0, 0.05) is 6.54 Å². The number of rotatable bonds is 4. The Morgan fingerprint density at radius 3 is 2.68 bits per heavy atom. The minimum atomic E-state index is 0. The summed E-state index contributed by atoms with van der Waals surface area (Å²) in [6.07, 6.45) is 5.65. The van der Waals surface area contributed by atoms with Crippen molar-refractivity contribution in [2.24, 2.45) is 0 Å². The quantitative estimate of drug-likeness (QED) is 0.654. The molecule has 1 aliphatic rings. The van der Waals surface area contributed by atoms with E-state index in [1.807, 2.05) is 13.1 Å². The predicted molar refractivity (Wildman–Crippen MR) is 115 cm³/mol. The molecule has 0 aliphatic carbocycles. The van der Waals surface area contributed by atoms with Crippen LogP contribution in [0.25, 0.3) is 0 Å². The zero-order valence-electron chi connectivity index (χ0n) is 15.7. The van der Waals surface area contributed by atoms with Gasteiger partial charge in [-0.05, 0) is 32.3 Å². The number of thiazole rings is 1. The fourth-order valence-corrected chi connectivity index (χ4v) is 3.97. The molecule has 4 rings (SSSR count). The Bertz CT molecular complexity index is 995. The van der Waals surface area contributed by atoms with Crippen LogP contribution in [0, 0.1) is 25.2 Å². The molecule has 0 saturated carbocycles. The first-order chi connectivity index (χ1) is 13.1. The molecule has 3 heterocycles. The van der Waals surface area contributed by atoms with Crippen LogP contribution < -0.4 is 10.2 Å². The van der Waals surface area contributed by atoms with Crippen LogP contribution in [-0.2, 0) is 0 Å². The van der Waals surface area contributed by atoms with E-state index in [4.69, 9.17) is 10.2 Å². The lowest BCUT2D eigenvalue weighted by Crippen LogP contribution is -2.24. The van der Waals surface area contributed by atoms with Gasteiger partial charge in [0.25, 0.3) is 0 Å². The number of halogens is 1. The molecule has 8 heteroatoms. The van der Waals surface area contributed by atoms with E-state index in [0.29, 0.717) is 21.9 Å². The van der Waals surface area contributed by atoms with Gasteiger partial charge in [-0.15, -0.1) is 12.4 Å². The second-order valence-corrected chi connectivity index (χ2v) is 7.72. The van der Waals surface area contributed by atoms with Crippen LogP contribution in [0.5, 0.6) is 0 Å². The molecule has 144 valence electrons. The third-order valence-electron chi connectivity index (χ3n) is 4.79. The highest BCUT2D eigenvalue weighted by molar-refractivity contribution is 7.16. The topological polar surface area (TPSA) is 77.7 Å². The van der Waals surface area contributed by atoms with Crippen molar-refractivity contribution in [1.82, 2.24) is 15.0 Å². The summed E-state index contributed by atoms with van der Waals surface area (Å²) in [5.74, 6) is 1.55. The molecule has 1 fully saturated rings. The SMILES string of the molecule is Cc1ccc([C@@H]2CCCN2c2cnc(C)c(Nc3ncc(C#N)s3)n2)cc1.Cl. The molecule has 1 N–H and O–H groups in total. The first-order valence-corrected chi connectivity index (χ1v) is 9.75. The van der Waals surface area contributed by atoms with E-state index in [-0.39, 0.29) is 12.4 Å². The van der Waals surface area contributed by atoms with Gasteiger partial charge in [-0.25, -0.2) is 9.97 Å². The Hall–Kier alpha value is -2.69. The maximum absolute atomic E-state index is 8.97. The molecule has 0 amide bonds. The van der Waals surface area contributed by atoms with Crippen LogP contribution >= 0.6 is 23.7 Å². The van der Waals surface area contributed by atoms with Gasteiger partial charge >= 0.3 is 0 Å². The van der Waals surface area contributed by atoms with E-state index in [1.165, 1.54) is 22.5 Å². The Kier molecular flexibility index (Phi) is 6.12. The van der Waals surface area contributed by atoms with E-state index in [1.54, 1.807) is 6.20 Å². The Balaban J connectivity index is 0.00000225. The normalized spacial score (nSPS) is 15.8. The summed E-state index contributed by atoms with van der Waals surface area (Å²) in [5.41, 5.74) is 3.39. The molecule has 28 heavy (non-hydrogen) atoms. The number of benzene rings is 1. The number of nitrogens with zero attached hydrogens (tertiary/aromatic N) is 5. The van der Waals surface area contributed by atoms with Crippen LogP contribution in [0.15, 0.2) is 36.7 Å². The predicted octanol–water partition coefficient (Wildman–Crippen LogP) is 4.93. The fraction of sp³-hybridized carbons (Fsp3) is 0.300. The van der Waals surface area contributed by atoms with Gasteiger partial charge in [0.05, 0.1) is 24.1 Å². The summed E-state index contributed by atoms with van der Waals surface area (Å²) >= 11 is 1.31. The lowest BCUT2D eigenvalue weighted by molar-refractivity contribution is 0.709. The Morgan fingerprint density at radius 2 is 1.96 bits per heavy atom.